The van der Waals surface area contributed by atoms with Gasteiger partial charge >= 0.3 is 5.97 Å². The number of amides is 2. The van der Waals surface area contributed by atoms with Gasteiger partial charge in [0.05, 0.1) is 12.0 Å². The number of carbonyl (C=O) groups excluding carboxylic acids is 3. The van der Waals surface area contributed by atoms with Crippen LogP contribution in [0.4, 0.5) is 0 Å². The largest absolute Gasteiger partial charge is 0.455 e. The highest BCUT2D eigenvalue weighted by Crippen LogP contribution is 2.28. The summed E-state index contributed by atoms with van der Waals surface area (Å²) in [5.74, 6) is -1.45. The van der Waals surface area contributed by atoms with Gasteiger partial charge < -0.3 is 15.0 Å². The van der Waals surface area contributed by atoms with Crippen LogP contribution in [0, 0.1) is 12.8 Å². The molecule has 0 aliphatic carbocycles. The molecule has 1 heterocycles. The van der Waals surface area contributed by atoms with E-state index in [0.29, 0.717) is 13.1 Å². The molecule has 30 heavy (non-hydrogen) atoms. The van der Waals surface area contributed by atoms with Crippen LogP contribution in [0.2, 0.25) is 0 Å². The number of rotatable bonds is 8. The number of carbonyl (C=O) groups is 3. The quantitative estimate of drug-likeness (QED) is 0.682. The highest BCUT2D eigenvalue weighted by Gasteiger charge is 2.38. The summed E-state index contributed by atoms with van der Waals surface area (Å²) in [7, 11) is 0. The Hall–Kier alpha value is -3.15. The van der Waals surface area contributed by atoms with Crippen LogP contribution in [0.5, 0.6) is 0 Å². The minimum atomic E-state index is -0.538. The van der Waals surface area contributed by atoms with Crippen molar-refractivity contribution in [3.05, 3.63) is 71.3 Å². The third kappa shape index (κ3) is 5.47. The first-order valence-electron chi connectivity index (χ1n) is 10.3. The Morgan fingerprint density at radius 2 is 1.83 bits per heavy atom. The van der Waals surface area contributed by atoms with Crippen LogP contribution in [0.1, 0.15) is 36.1 Å². The lowest BCUT2D eigenvalue weighted by Gasteiger charge is -2.25. The van der Waals surface area contributed by atoms with E-state index in [1.54, 1.807) is 4.90 Å². The molecule has 3 rings (SSSR count). The van der Waals surface area contributed by atoms with E-state index in [0.717, 1.165) is 12.0 Å². The number of benzene rings is 2. The Kier molecular flexibility index (Phi) is 7.22. The second kappa shape index (κ2) is 10.1. The normalized spacial score (nSPS) is 16.9. The number of hydrogen-bond acceptors (Lipinski definition) is 4. The van der Waals surface area contributed by atoms with Crippen molar-refractivity contribution in [1.29, 1.82) is 0 Å². The minimum Gasteiger partial charge on any atom is -0.455 e. The maximum atomic E-state index is 12.4. The highest BCUT2D eigenvalue weighted by atomic mass is 16.5. The van der Waals surface area contributed by atoms with E-state index in [-0.39, 0.29) is 30.9 Å². The van der Waals surface area contributed by atoms with Crippen LogP contribution in [-0.4, -0.2) is 42.4 Å². The molecular formula is C24H28N2O4. The Morgan fingerprint density at radius 3 is 2.57 bits per heavy atom. The van der Waals surface area contributed by atoms with Crippen molar-refractivity contribution in [3.8, 4) is 0 Å². The second-order valence-electron chi connectivity index (χ2n) is 7.67. The van der Waals surface area contributed by atoms with Gasteiger partial charge in [0.1, 0.15) is 0 Å². The Bertz CT molecular complexity index is 897. The Balaban J connectivity index is 1.42. The Morgan fingerprint density at radius 1 is 1.13 bits per heavy atom. The monoisotopic (exact) mass is 408 g/mol. The minimum absolute atomic E-state index is 0.0732. The molecule has 0 spiro atoms. The van der Waals surface area contributed by atoms with Crippen LogP contribution in [0.15, 0.2) is 54.6 Å². The molecule has 1 aliphatic heterocycles. The first kappa shape index (κ1) is 21.6. The van der Waals surface area contributed by atoms with Crippen molar-refractivity contribution in [2.24, 2.45) is 5.92 Å². The van der Waals surface area contributed by atoms with E-state index in [4.69, 9.17) is 4.74 Å². The second-order valence-corrected chi connectivity index (χ2v) is 7.67. The first-order chi connectivity index (χ1) is 14.5. The molecule has 158 valence electrons. The van der Waals surface area contributed by atoms with Crippen LogP contribution in [0.3, 0.4) is 0 Å². The lowest BCUT2D eigenvalue weighted by atomic mass is 10.1. The average molecular weight is 408 g/mol. The van der Waals surface area contributed by atoms with E-state index < -0.39 is 11.9 Å². The molecule has 0 saturated carbocycles. The molecule has 0 bridgehead atoms. The van der Waals surface area contributed by atoms with Crippen molar-refractivity contribution in [3.63, 3.8) is 0 Å². The summed E-state index contributed by atoms with van der Waals surface area (Å²) in [6.45, 7) is 4.44. The summed E-state index contributed by atoms with van der Waals surface area (Å²) in [5, 5.41) is 2.77. The van der Waals surface area contributed by atoms with Crippen LogP contribution in [-0.2, 0) is 25.5 Å². The zero-order chi connectivity index (χ0) is 21.5. The third-order valence-electron chi connectivity index (χ3n) is 5.56. The molecule has 2 aromatic carbocycles. The van der Waals surface area contributed by atoms with Gasteiger partial charge in [-0.25, -0.2) is 0 Å². The molecule has 0 aromatic heterocycles. The van der Waals surface area contributed by atoms with Crippen LogP contribution in [0.25, 0.3) is 0 Å². The summed E-state index contributed by atoms with van der Waals surface area (Å²) < 4.78 is 5.17. The van der Waals surface area contributed by atoms with Gasteiger partial charge in [-0.3, -0.25) is 14.4 Å². The van der Waals surface area contributed by atoms with Gasteiger partial charge in [0, 0.05) is 19.5 Å². The molecule has 1 fully saturated rings. The van der Waals surface area contributed by atoms with E-state index in [1.807, 2.05) is 68.4 Å². The topological polar surface area (TPSA) is 75.7 Å². The standard InChI is InChI=1S/C24H28N2O4/c1-17-8-6-7-9-19(17)12-13-25-22(27)16-30-24(29)21-14-23(28)26(15-21)18(2)20-10-4-3-5-11-20/h3-11,18,21H,12-16H2,1-2H3,(H,25,27)/t18-,21-/m0/s1. The predicted molar refractivity (Wildman–Crippen MR) is 114 cm³/mol. The number of ether oxygens (including phenoxy) is 1. The lowest BCUT2D eigenvalue weighted by Crippen LogP contribution is -2.33. The van der Waals surface area contributed by atoms with Gasteiger partial charge in [0.25, 0.3) is 5.91 Å². The van der Waals surface area contributed by atoms with Gasteiger partial charge in [-0.05, 0) is 37.0 Å². The summed E-state index contributed by atoms with van der Waals surface area (Å²) in [4.78, 5) is 38.4. The number of esters is 1. The van der Waals surface area contributed by atoms with Crippen molar-refractivity contribution >= 4 is 17.8 Å². The third-order valence-corrected chi connectivity index (χ3v) is 5.56. The van der Waals surface area contributed by atoms with Gasteiger partial charge in [0.15, 0.2) is 6.61 Å². The number of nitrogens with one attached hydrogen (secondary N) is 1. The summed E-state index contributed by atoms with van der Waals surface area (Å²) >= 11 is 0. The molecule has 1 N–H and O–H groups in total. The molecule has 2 aromatic rings. The van der Waals surface area contributed by atoms with Crippen LogP contribution >= 0.6 is 0 Å². The zero-order valence-electron chi connectivity index (χ0n) is 17.5. The molecule has 6 nitrogen and oxygen atoms in total. The fourth-order valence-electron chi connectivity index (χ4n) is 3.71. The molecule has 1 saturated heterocycles. The van der Waals surface area contributed by atoms with Gasteiger partial charge in [0.2, 0.25) is 5.91 Å². The van der Waals surface area contributed by atoms with Crippen molar-refractivity contribution < 1.29 is 19.1 Å². The molecule has 0 radical (unpaired) electrons. The van der Waals surface area contributed by atoms with E-state index in [1.165, 1.54) is 11.1 Å². The Labute approximate surface area is 177 Å². The van der Waals surface area contributed by atoms with Gasteiger partial charge in [-0.1, -0.05) is 54.6 Å². The first-order valence-corrected chi connectivity index (χ1v) is 10.3. The molecule has 1 aliphatic rings. The maximum absolute atomic E-state index is 12.4. The molecule has 6 heteroatoms. The number of aryl methyl sites for hydroxylation is 1. The average Bonchev–Trinajstić information content (AvgIpc) is 3.15. The van der Waals surface area contributed by atoms with E-state index >= 15 is 0 Å². The molecule has 2 atom stereocenters. The molecule has 0 unspecified atom stereocenters. The van der Waals surface area contributed by atoms with Gasteiger partial charge in [-0.2, -0.15) is 0 Å². The van der Waals surface area contributed by atoms with Crippen LogP contribution < -0.4 is 5.32 Å². The van der Waals surface area contributed by atoms with Crippen molar-refractivity contribution in [1.82, 2.24) is 10.2 Å². The summed E-state index contributed by atoms with van der Waals surface area (Å²) in [6, 6.07) is 17.6. The molecule has 2 amide bonds. The summed E-state index contributed by atoms with van der Waals surface area (Å²) in [5.41, 5.74) is 3.37. The fraction of sp³-hybridized carbons (Fsp3) is 0.375. The summed E-state index contributed by atoms with van der Waals surface area (Å²) in [6.07, 6.45) is 0.834. The van der Waals surface area contributed by atoms with E-state index in [2.05, 4.69) is 5.32 Å². The van der Waals surface area contributed by atoms with E-state index in [9.17, 15) is 14.4 Å². The number of hydrogen-bond donors (Lipinski definition) is 1. The zero-order valence-corrected chi connectivity index (χ0v) is 17.5. The highest BCUT2D eigenvalue weighted by molar-refractivity contribution is 5.88. The fourth-order valence-corrected chi connectivity index (χ4v) is 3.71. The maximum Gasteiger partial charge on any atom is 0.311 e. The SMILES string of the molecule is Cc1ccccc1CCNC(=O)COC(=O)[C@H]1CC(=O)N([C@@H](C)c2ccccc2)C1. The number of likely N-dealkylation sites (tertiary alicyclic amines) is 1. The van der Waals surface area contributed by atoms with Gasteiger partial charge in [-0.15, -0.1) is 0 Å². The van der Waals surface area contributed by atoms with Crippen molar-refractivity contribution in [2.45, 2.75) is 32.7 Å². The van der Waals surface area contributed by atoms with Crippen molar-refractivity contribution in [2.75, 3.05) is 19.7 Å². The number of nitrogens with zero attached hydrogens (tertiary/aromatic N) is 1. The lowest BCUT2D eigenvalue weighted by molar-refractivity contribution is -0.152. The molecular weight excluding hydrogens is 380 g/mol. The smallest absolute Gasteiger partial charge is 0.311 e. The predicted octanol–water partition coefficient (Wildman–Crippen LogP) is 2.81.